The number of hydrogen-bond donors (Lipinski definition) is 1. The fraction of sp³-hybridized carbons (Fsp3) is 0.300. The number of carbonyl (C=O) groups excluding carboxylic acids is 1. The molecule has 4 heteroatoms. The molecule has 0 radical (unpaired) electrons. The highest BCUT2D eigenvalue weighted by atomic mass is 16.5. The molecule has 0 aliphatic heterocycles. The van der Waals surface area contributed by atoms with Gasteiger partial charge in [-0.05, 0) is 19.1 Å². The Morgan fingerprint density at radius 1 is 1.50 bits per heavy atom. The second-order valence-electron chi connectivity index (χ2n) is 2.56. The minimum atomic E-state index is 0.586. The first-order chi connectivity index (χ1) is 6.81. The number of ether oxygens (including phenoxy) is 2. The van der Waals surface area contributed by atoms with E-state index in [-0.39, 0.29) is 0 Å². The summed E-state index contributed by atoms with van der Waals surface area (Å²) in [4.78, 5) is 10.3. The van der Waals surface area contributed by atoms with Gasteiger partial charge in [0.25, 0.3) is 0 Å². The molecular weight excluding hydrogens is 182 g/mol. The standard InChI is InChI=1S/C10H13NO3/c1-3-14-8-4-5-9(11-7-12)10(6-8)13-2/h4-7H,3H2,1-2H3,(H,11,12). The second-order valence-corrected chi connectivity index (χ2v) is 2.56. The molecule has 1 rings (SSSR count). The number of carbonyl (C=O) groups is 1. The molecule has 0 spiro atoms. The van der Waals surface area contributed by atoms with E-state index in [0.29, 0.717) is 24.5 Å². The molecule has 1 amide bonds. The molecule has 14 heavy (non-hydrogen) atoms. The molecule has 0 aliphatic carbocycles. The summed E-state index contributed by atoms with van der Waals surface area (Å²) in [7, 11) is 1.54. The number of rotatable bonds is 5. The Bertz CT molecular complexity index is 312. The Morgan fingerprint density at radius 2 is 2.29 bits per heavy atom. The maximum atomic E-state index is 10.3. The van der Waals surface area contributed by atoms with Crippen molar-refractivity contribution < 1.29 is 14.3 Å². The Balaban J connectivity index is 2.92. The van der Waals surface area contributed by atoms with E-state index in [2.05, 4.69) is 5.32 Å². The highest BCUT2D eigenvalue weighted by Gasteiger charge is 2.03. The maximum Gasteiger partial charge on any atom is 0.211 e. The summed E-state index contributed by atoms with van der Waals surface area (Å²) >= 11 is 0. The summed E-state index contributed by atoms with van der Waals surface area (Å²) in [6.45, 7) is 2.51. The van der Waals surface area contributed by atoms with E-state index in [0.717, 1.165) is 5.75 Å². The van der Waals surface area contributed by atoms with Crippen molar-refractivity contribution >= 4 is 12.1 Å². The topological polar surface area (TPSA) is 47.6 Å². The van der Waals surface area contributed by atoms with E-state index in [9.17, 15) is 4.79 Å². The van der Waals surface area contributed by atoms with E-state index >= 15 is 0 Å². The predicted octanol–water partition coefficient (Wildman–Crippen LogP) is 1.66. The Morgan fingerprint density at radius 3 is 2.86 bits per heavy atom. The summed E-state index contributed by atoms with van der Waals surface area (Å²) in [5.41, 5.74) is 0.631. The van der Waals surface area contributed by atoms with E-state index < -0.39 is 0 Å². The van der Waals surface area contributed by atoms with Gasteiger partial charge in [0, 0.05) is 6.07 Å². The van der Waals surface area contributed by atoms with Gasteiger partial charge in [0.15, 0.2) is 0 Å². The quantitative estimate of drug-likeness (QED) is 0.727. The number of hydrogen-bond acceptors (Lipinski definition) is 3. The normalized spacial score (nSPS) is 9.29. The van der Waals surface area contributed by atoms with Gasteiger partial charge in [-0.2, -0.15) is 0 Å². The molecule has 0 fully saturated rings. The van der Waals surface area contributed by atoms with Crippen LogP contribution in [0.1, 0.15) is 6.92 Å². The Labute approximate surface area is 82.8 Å². The number of benzene rings is 1. The molecule has 0 bridgehead atoms. The highest BCUT2D eigenvalue weighted by Crippen LogP contribution is 2.28. The lowest BCUT2D eigenvalue weighted by atomic mass is 10.3. The van der Waals surface area contributed by atoms with Gasteiger partial charge in [0.05, 0.1) is 19.4 Å². The van der Waals surface area contributed by atoms with Gasteiger partial charge in [0.1, 0.15) is 11.5 Å². The fourth-order valence-corrected chi connectivity index (χ4v) is 1.11. The molecular formula is C10H13NO3. The summed E-state index contributed by atoms with van der Waals surface area (Å²) in [6.07, 6.45) is 0.609. The average Bonchev–Trinajstić information content (AvgIpc) is 2.21. The fourth-order valence-electron chi connectivity index (χ4n) is 1.11. The minimum Gasteiger partial charge on any atom is -0.494 e. The summed E-state index contributed by atoms with van der Waals surface area (Å²) in [5.74, 6) is 1.31. The minimum absolute atomic E-state index is 0.586. The van der Waals surface area contributed by atoms with Gasteiger partial charge in [-0.3, -0.25) is 4.79 Å². The van der Waals surface area contributed by atoms with Crippen molar-refractivity contribution in [1.82, 2.24) is 0 Å². The van der Waals surface area contributed by atoms with E-state index in [1.165, 1.54) is 0 Å². The first-order valence-electron chi connectivity index (χ1n) is 4.32. The molecule has 0 unspecified atom stereocenters. The van der Waals surface area contributed by atoms with Crippen molar-refractivity contribution in [1.29, 1.82) is 0 Å². The third-order valence-corrected chi connectivity index (χ3v) is 1.70. The van der Waals surface area contributed by atoms with Crippen LogP contribution in [0.5, 0.6) is 11.5 Å². The largest absolute Gasteiger partial charge is 0.494 e. The van der Waals surface area contributed by atoms with Gasteiger partial charge >= 0.3 is 0 Å². The van der Waals surface area contributed by atoms with E-state index in [1.54, 1.807) is 25.3 Å². The van der Waals surface area contributed by atoms with Crippen LogP contribution >= 0.6 is 0 Å². The maximum absolute atomic E-state index is 10.3. The van der Waals surface area contributed by atoms with E-state index in [1.807, 2.05) is 6.92 Å². The lowest BCUT2D eigenvalue weighted by Crippen LogP contribution is -1.98. The zero-order valence-electron chi connectivity index (χ0n) is 8.24. The number of amides is 1. The summed E-state index contributed by atoms with van der Waals surface area (Å²) < 4.78 is 10.4. The molecule has 0 heterocycles. The van der Waals surface area contributed by atoms with Crippen LogP contribution in [0.25, 0.3) is 0 Å². The molecule has 1 N–H and O–H groups in total. The van der Waals surface area contributed by atoms with E-state index in [4.69, 9.17) is 9.47 Å². The number of anilines is 1. The van der Waals surface area contributed by atoms with Gasteiger partial charge < -0.3 is 14.8 Å². The second kappa shape index (κ2) is 5.11. The zero-order chi connectivity index (χ0) is 10.4. The van der Waals surface area contributed by atoms with Crippen molar-refractivity contribution in [2.75, 3.05) is 19.0 Å². The van der Waals surface area contributed by atoms with Gasteiger partial charge in [-0.25, -0.2) is 0 Å². The van der Waals surface area contributed by atoms with Crippen LogP contribution < -0.4 is 14.8 Å². The van der Waals surface area contributed by atoms with Crippen LogP contribution in [0.3, 0.4) is 0 Å². The molecule has 0 saturated carbocycles. The zero-order valence-corrected chi connectivity index (χ0v) is 8.24. The van der Waals surface area contributed by atoms with Gasteiger partial charge in [-0.15, -0.1) is 0 Å². The first-order valence-corrected chi connectivity index (χ1v) is 4.32. The lowest BCUT2D eigenvalue weighted by Gasteiger charge is -2.09. The molecule has 76 valence electrons. The van der Waals surface area contributed by atoms with Crippen molar-refractivity contribution in [3.63, 3.8) is 0 Å². The molecule has 0 aliphatic rings. The van der Waals surface area contributed by atoms with Crippen molar-refractivity contribution in [2.24, 2.45) is 0 Å². The van der Waals surface area contributed by atoms with Crippen LogP contribution in [0.2, 0.25) is 0 Å². The average molecular weight is 195 g/mol. The molecule has 0 saturated heterocycles. The van der Waals surface area contributed by atoms with Crippen molar-refractivity contribution in [3.8, 4) is 11.5 Å². The molecule has 4 nitrogen and oxygen atoms in total. The SMILES string of the molecule is CCOc1ccc(NC=O)c(OC)c1. The Kier molecular flexibility index (Phi) is 3.79. The van der Waals surface area contributed by atoms with Crippen LogP contribution in [-0.4, -0.2) is 20.1 Å². The number of methoxy groups -OCH3 is 1. The molecule has 1 aromatic carbocycles. The monoisotopic (exact) mass is 195 g/mol. The Hall–Kier alpha value is -1.71. The van der Waals surface area contributed by atoms with Crippen LogP contribution in [0.15, 0.2) is 18.2 Å². The molecule has 1 aromatic rings. The third-order valence-electron chi connectivity index (χ3n) is 1.70. The third kappa shape index (κ3) is 2.39. The summed E-state index contributed by atoms with van der Waals surface area (Å²) in [6, 6.07) is 5.24. The smallest absolute Gasteiger partial charge is 0.211 e. The molecule has 0 atom stereocenters. The van der Waals surface area contributed by atoms with Crippen LogP contribution in [0.4, 0.5) is 5.69 Å². The predicted molar refractivity (Wildman–Crippen MR) is 53.8 cm³/mol. The van der Waals surface area contributed by atoms with Crippen molar-refractivity contribution in [2.45, 2.75) is 6.92 Å². The van der Waals surface area contributed by atoms with Crippen LogP contribution in [-0.2, 0) is 4.79 Å². The van der Waals surface area contributed by atoms with Gasteiger partial charge in [-0.1, -0.05) is 0 Å². The molecule has 0 aromatic heterocycles. The van der Waals surface area contributed by atoms with Gasteiger partial charge in [0.2, 0.25) is 6.41 Å². The van der Waals surface area contributed by atoms with Crippen LogP contribution in [0, 0.1) is 0 Å². The van der Waals surface area contributed by atoms with Crippen molar-refractivity contribution in [3.05, 3.63) is 18.2 Å². The number of nitrogens with one attached hydrogen (secondary N) is 1. The summed E-state index contributed by atoms with van der Waals surface area (Å²) in [5, 5.41) is 2.54. The lowest BCUT2D eigenvalue weighted by molar-refractivity contribution is -0.105. The first kappa shape index (κ1) is 10.4. The highest BCUT2D eigenvalue weighted by molar-refractivity contribution is 5.75.